The molecule has 0 bridgehead atoms. The fourth-order valence-corrected chi connectivity index (χ4v) is 4.44. The van der Waals surface area contributed by atoms with Gasteiger partial charge in [-0.05, 0) is 65.1 Å². The molecule has 0 radical (unpaired) electrons. The summed E-state index contributed by atoms with van der Waals surface area (Å²) < 4.78 is 29.1. The fourth-order valence-electron chi connectivity index (χ4n) is 3.81. The monoisotopic (exact) mass is 457 g/mol. The van der Waals surface area contributed by atoms with E-state index in [1.54, 1.807) is 31.4 Å². The first-order valence-electron chi connectivity index (χ1n) is 10.8. The highest BCUT2D eigenvalue weighted by Gasteiger charge is 2.14. The van der Waals surface area contributed by atoms with E-state index in [2.05, 4.69) is 43.1 Å². The number of hydrogen-bond acceptors (Lipinski definition) is 4. The number of nitrogens with zero attached hydrogens (tertiary/aromatic N) is 1. The zero-order valence-electron chi connectivity index (χ0n) is 19.2. The molecule has 0 spiro atoms. The van der Waals surface area contributed by atoms with Gasteiger partial charge in [-0.1, -0.05) is 50.3 Å². The summed E-state index contributed by atoms with van der Waals surface area (Å²) in [6, 6.07) is 21.4. The van der Waals surface area contributed by atoms with Crippen molar-refractivity contribution in [2.24, 2.45) is 0 Å². The van der Waals surface area contributed by atoms with Gasteiger partial charge >= 0.3 is 0 Å². The summed E-state index contributed by atoms with van der Waals surface area (Å²) in [6.45, 7) is 4.37. The molecule has 0 amide bonds. The van der Waals surface area contributed by atoms with Crippen LogP contribution in [0.1, 0.15) is 36.5 Å². The molecule has 0 fully saturated rings. The summed E-state index contributed by atoms with van der Waals surface area (Å²) >= 11 is 0. The van der Waals surface area contributed by atoms with Gasteiger partial charge in [-0.3, -0.25) is 4.98 Å². The highest BCUT2D eigenvalue weighted by molar-refractivity contribution is 7.90. The molecular formula is C28H27NO3S. The summed E-state index contributed by atoms with van der Waals surface area (Å²) in [5, 5.41) is 1.10. The second kappa shape index (κ2) is 9.20. The van der Waals surface area contributed by atoms with Crippen LogP contribution in [0.4, 0.5) is 0 Å². The second-order valence-corrected chi connectivity index (χ2v) is 10.4. The average Bonchev–Trinajstić information content (AvgIpc) is 2.81. The van der Waals surface area contributed by atoms with Gasteiger partial charge in [0.2, 0.25) is 0 Å². The molecule has 0 atom stereocenters. The van der Waals surface area contributed by atoms with Gasteiger partial charge in [-0.2, -0.15) is 0 Å². The second-order valence-electron chi connectivity index (χ2n) is 8.43. The van der Waals surface area contributed by atoms with Crippen LogP contribution in [-0.2, 0) is 9.84 Å². The highest BCUT2D eigenvalue weighted by atomic mass is 32.2. The number of aromatic nitrogens is 1. The van der Waals surface area contributed by atoms with E-state index >= 15 is 0 Å². The molecular weight excluding hydrogens is 430 g/mol. The Balaban J connectivity index is 1.78. The van der Waals surface area contributed by atoms with E-state index < -0.39 is 9.84 Å². The Labute approximate surface area is 195 Å². The summed E-state index contributed by atoms with van der Waals surface area (Å²) in [5.74, 6) is 1.18. The van der Waals surface area contributed by atoms with Crippen LogP contribution in [0, 0.1) is 0 Å². The van der Waals surface area contributed by atoms with Crippen LogP contribution in [0.3, 0.4) is 0 Å². The van der Waals surface area contributed by atoms with Gasteiger partial charge in [0, 0.05) is 29.0 Å². The van der Waals surface area contributed by atoms with Gasteiger partial charge in [0.25, 0.3) is 0 Å². The number of methoxy groups -OCH3 is 1. The first-order chi connectivity index (χ1) is 15.8. The van der Waals surface area contributed by atoms with Crippen molar-refractivity contribution in [1.29, 1.82) is 0 Å². The normalized spacial score (nSPS) is 12.0. The third kappa shape index (κ3) is 4.99. The van der Waals surface area contributed by atoms with Crippen molar-refractivity contribution >= 4 is 32.9 Å². The third-order valence-electron chi connectivity index (χ3n) is 5.68. The van der Waals surface area contributed by atoms with Crippen molar-refractivity contribution in [2.75, 3.05) is 13.4 Å². The largest absolute Gasteiger partial charge is 0.496 e. The lowest BCUT2D eigenvalue weighted by Gasteiger charge is -2.15. The summed E-state index contributed by atoms with van der Waals surface area (Å²) in [4.78, 5) is 4.98. The maximum atomic E-state index is 11.7. The number of benzene rings is 3. The molecule has 1 aromatic heterocycles. The molecule has 0 aliphatic heterocycles. The number of hydrogen-bond donors (Lipinski definition) is 0. The lowest BCUT2D eigenvalue weighted by molar-refractivity contribution is 0.416. The van der Waals surface area contributed by atoms with Crippen molar-refractivity contribution in [1.82, 2.24) is 4.98 Å². The molecule has 0 saturated heterocycles. The Hall–Kier alpha value is -3.44. The molecule has 4 nitrogen and oxygen atoms in total. The minimum Gasteiger partial charge on any atom is -0.496 e. The van der Waals surface area contributed by atoms with E-state index in [0.717, 1.165) is 38.9 Å². The first-order valence-corrected chi connectivity index (χ1v) is 12.7. The zero-order valence-corrected chi connectivity index (χ0v) is 20.1. The quantitative estimate of drug-likeness (QED) is 0.306. The van der Waals surface area contributed by atoms with E-state index in [0.29, 0.717) is 10.8 Å². The molecule has 0 aliphatic carbocycles. The Morgan fingerprint density at radius 3 is 2.24 bits per heavy atom. The molecule has 168 valence electrons. The lowest BCUT2D eigenvalue weighted by atomic mass is 9.93. The molecule has 1 heterocycles. The minimum absolute atomic E-state index is 0.316. The number of ether oxygens (including phenoxy) is 1. The molecule has 0 N–H and O–H groups in total. The summed E-state index contributed by atoms with van der Waals surface area (Å²) in [7, 11) is -1.52. The van der Waals surface area contributed by atoms with Crippen molar-refractivity contribution < 1.29 is 13.2 Å². The predicted molar refractivity (Wildman–Crippen MR) is 136 cm³/mol. The maximum absolute atomic E-state index is 11.7. The lowest BCUT2D eigenvalue weighted by Crippen LogP contribution is -1.96. The molecule has 4 aromatic rings. The number of fused-ring (bicyclic) bond motifs is 1. The third-order valence-corrected chi connectivity index (χ3v) is 6.81. The van der Waals surface area contributed by atoms with Crippen LogP contribution in [-0.4, -0.2) is 26.8 Å². The van der Waals surface area contributed by atoms with E-state index in [-0.39, 0.29) is 0 Å². The van der Waals surface area contributed by atoms with E-state index in [1.807, 2.05) is 36.5 Å². The number of pyridine rings is 1. The maximum Gasteiger partial charge on any atom is 0.175 e. The zero-order chi connectivity index (χ0) is 23.6. The van der Waals surface area contributed by atoms with Crippen molar-refractivity contribution in [3.63, 3.8) is 0 Å². The van der Waals surface area contributed by atoms with Gasteiger partial charge in [-0.25, -0.2) is 8.42 Å². The molecule has 0 saturated carbocycles. The molecule has 3 aromatic carbocycles. The molecule has 33 heavy (non-hydrogen) atoms. The van der Waals surface area contributed by atoms with E-state index in [1.165, 1.54) is 11.8 Å². The molecule has 0 aliphatic rings. The van der Waals surface area contributed by atoms with Gasteiger partial charge < -0.3 is 4.74 Å². The average molecular weight is 458 g/mol. The van der Waals surface area contributed by atoms with Crippen LogP contribution < -0.4 is 4.74 Å². The van der Waals surface area contributed by atoms with Crippen molar-refractivity contribution in [3.8, 4) is 16.9 Å². The minimum atomic E-state index is -3.20. The predicted octanol–water partition coefficient (Wildman–Crippen LogP) is 6.61. The molecule has 0 unspecified atom stereocenters. The molecule has 5 heteroatoms. The number of sulfone groups is 1. The van der Waals surface area contributed by atoms with Crippen molar-refractivity contribution in [3.05, 3.63) is 89.6 Å². The van der Waals surface area contributed by atoms with Crippen LogP contribution >= 0.6 is 0 Å². The Kier molecular flexibility index (Phi) is 6.34. The van der Waals surface area contributed by atoms with Gasteiger partial charge in [0.05, 0.1) is 17.5 Å². The Morgan fingerprint density at radius 2 is 1.58 bits per heavy atom. The standard InChI is InChI=1S/C28H27NO3S/c1-19(2)23-17-22-6-5-15-29-28(22)26(18-23)25-16-21(11-14-27(25)32-3)8-7-20-9-12-24(13-10-20)33(4,30)31/h5-19H,1-4H3/b8-7+. The Bertz CT molecular complexity index is 1440. The molecule has 4 rings (SSSR count). The van der Waals surface area contributed by atoms with Crippen molar-refractivity contribution in [2.45, 2.75) is 24.7 Å². The Morgan fingerprint density at radius 1 is 0.879 bits per heavy atom. The van der Waals surface area contributed by atoms with Crippen LogP contribution in [0.15, 0.2) is 77.8 Å². The number of rotatable bonds is 6. The van der Waals surface area contributed by atoms with E-state index in [9.17, 15) is 8.42 Å². The van der Waals surface area contributed by atoms with Gasteiger partial charge in [0.15, 0.2) is 9.84 Å². The summed E-state index contributed by atoms with van der Waals surface area (Å²) in [5.41, 5.74) is 6.16. The van der Waals surface area contributed by atoms with Crippen LogP contribution in [0.5, 0.6) is 5.75 Å². The topological polar surface area (TPSA) is 56.3 Å². The fraction of sp³-hybridized carbons (Fsp3) is 0.179. The first kappa shape index (κ1) is 22.7. The van der Waals surface area contributed by atoms with Gasteiger partial charge in [0.1, 0.15) is 5.75 Å². The van der Waals surface area contributed by atoms with E-state index in [4.69, 9.17) is 4.74 Å². The SMILES string of the molecule is COc1ccc(/C=C/c2ccc(S(C)(=O)=O)cc2)cc1-c1cc(C(C)C)cc2cccnc12. The smallest absolute Gasteiger partial charge is 0.175 e. The van der Waals surface area contributed by atoms with Gasteiger partial charge in [-0.15, -0.1) is 0 Å². The highest BCUT2D eigenvalue weighted by Crippen LogP contribution is 2.37. The summed E-state index contributed by atoms with van der Waals surface area (Å²) in [6.07, 6.45) is 7.01. The van der Waals surface area contributed by atoms with Crippen LogP contribution in [0.2, 0.25) is 0 Å². The van der Waals surface area contributed by atoms with Crippen LogP contribution in [0.25, 0.3) is 34.2 Å².